The van der Waals surface area contributed by atoms with Crippen molar-refractivity contribution in [1.82, 2.24) is 9.88 Å². The van der Waals surface area contributed by atoms with Gasteiger partial charge >= 0.3 is 0 Å². The Balaban J connectivity index is 1.93. The van der Waals surface area contributed by atoms with E-state index in [0.29, 0.717) is 5.92 Å². The molecule has 0 spiro atoms. The Morgan fingerprint density at radius 3 is 2.76 bits per heavy atom. The molecular formula is C14H17ClN2. The zero-order valence-electron chi connectivity index (χ0n) is 10.0. The molecule has 2 aromatic rings. The van der Waals surface area contributed by atoms with Gasteiger partial charge in [-0.15, -0.1) is 0 Å². The van der Waals surface area contributed by atoms with Gasteiger partial charge in [-0.3, -0.25) is 0 Å². The number of nitrogens with one attached hydrogen (secondary N) is 1. The van der Waals surface area contributed by atoms with E-state index in [9.17, 15) is 0 Å². The van der Waals surface area contributed by atoms with Crippen LogP contribution in [-0.2, 0) is 0 Å². The number of piperidine rings is 1. The summed E-state index contributed by atoms with van der Waals surface area (Å²) in [6, 6.07) is 8.28. The van der Waals surface area contributed by atoms with Crippen LogP contribution in [0.4, 0.5) is 0 Å². The number of halogens is 1. The molecule has 0 unspecified atom stereocenters. The van der Waals surface area contributed by atoms with Gasteiger partial charge < -0.3 is 9.88 Å². The molecule has 0 bridgehead atoms. The average molecular weight is 249 g/mol. The van der Waals surface area contributed by atoms with E-state index in [1.807, 2.05) is 12.1 Å². The van der Waals surface area contributed by atoms with Crippen LogP contribution in [0.3, 0.4) is 0 Å². The maximum absolute atomic E-state index is 6.20. The Morgan fingerprint density at radius 2 is 2.06 bits per heavy atom. The van der Waals surface area contributed by atoms with E-state index in [-0.39, 0.29) is 0 Å². The summed E-state index contributed by atoms with van der Waals surface area (Å²) in [5, 5.41) is 2.00. The molecule has 3 heteroatoms. The molecule has 0 saturated carbocycles. The Morgan fingerprint density at radius 1 is 1.29 bits per heavy atom. The molecular weight excluding hydrogens is 232 g/mol. The third-order valence-corrected chi connectivity index (χ3v) is 4.12. The predicted molar refractivity (Wildman–Crippen MR) is 72.8 cm³/mol. The van der Waals surface area contributed by atoms with Gasteiger partial charge in [0.15, 0.2) is 0 Å². The molecule has 3 rings (SSSR count). The maximum Gasteiger partial charge on any atom is 0.0499 e. The zero-order valence-corrected chi connectivity index (χ0v) is 10.8. The number of H-pyrrole nitrogens is 1. The van der Waals surface area contributed by atoms with Crippen LogP contribution in [0.1, 0.15) is 24.5 Å². The van der Waals surface area contributed by atoms with Crippen molar-refractivity contribution in [3.63, 3.8) is 0 Å². The maximum atomic E-state index is 6.20. The number of hydrogen-bond donors (Lipinski definition) is 1. The third kappa shape index (κ3) is 2.07. The topological polar surface area (TPSA) is 19.0 Å². The average Bonchev–Trinajstić information content (AvgIpc) is 2.75. The number of aromatic nitrogens is 1. The highest BCUT2D eigenvalue weighted by atomic mass is 35.5. The van der Waals surface area contributed by atoms with Crippen molar-refractivity contribution in [3.8, 4) is 0 Å². The molecule has 90 valence electrons. The Hall–Kier alpha value is -0.990. The van der Waals surface area contributed by atoms with Crippen LogP contribution in [-0.4, -0.2) is 30.0 Å². The normalized spacial score (nSPS) is 18.9. The fraction of sp³-hybridized carbons (Fsp3) is 0.429. The molecule has 1 aliphatic rings. The van der Waals surface area contributed by atoms with Crippen molar-refractivity contribution in [3.05, 3.63) is 35.0 Å². The van der Waals surface area contributed by atoms with E-state index in [1.54, 1.807) is 0 Å². The van der Waals surface area contributed by atoms with Gasteiger partial charge in [0, 0.05) is 27.5 Å². The molecule has 1 fully saturated rings. The summed E-state index contributed by atoms with van der Waals surface area (Å²) in [4.78, 5) is 5.91. The second-order valence-corrected chi connectivity index (χ2v) is 5.41. The first-order chi connectivity index (χ1) is 8.24. The molecule has 0 amide bonds. The summed E-state index contributed by atoms with van der Waals surface area (Å²) in [6.07, 6.45) is 2.47. The first kappa shape index (κ1) is 11.1. The zero-order chi connectivity index (χ0) is 11.8. The number of likely N-dealkylation sites (tertiary alicyclic amines) is 1. The Kier molecular flexibility index (Phi) is 2.85. The summed E-state index contributed by atoms with van der Waals surface area (Å²) in [5.74, 6) is 0.662. The van der Waals surface area contributed by atoms with E-state index in [1.165, 1.54) is 31.6 Å². The van der Waals surface area contributed by atoms with E-state index in [4.69, 9.17) is 11.6 Å². The van der Waals surface area contributed by atoms with Crippen LogP contribution < -0.4 is 0 Å². The highest BCUT2D eigenvalue weighted by Crippen LogP contribution is 2.31. The molecule has 0 aliphatic carbocycles. The smallest absolute Gasteiger partial charge is 0.0499 e. The number of benzene rings is 1. The molecule has 0 atom stereocenters. The molecule has 1 N–H and O–H groups in total. The highest BCUT2D eigenvalue weighted by Gasteiger charge is 2.20. The van der Waals surface area contributed by atoms with Crippen LogP contribution in [0, 0.1) is 0 Å². The minimum Gasteiger partial charge on any atom is -0.358 e. The fourth-order valence-corrected chi connectivity index (χ4v) is 2.91. The summed E-state index contributed by atoms with van der Waals surface area (Å²) < 4.78 is 0. The largest absolute Gasteiger partial charge is 0.358 e. The van der Waals surface area contributed by atoms with Gasteiger partial charge in [-0.05, 0) is 51.2 Å². The van der Waals surface area contributed by atoms with Crippen LogP contribution in [0.5, 0.6) is 0 Å². The monoisotopic (exact) mass is 248 g/mol. The molecule has 1 aromatic carbocycles. The van der Waals surface area contributed by atoms with Gasteiger partial charge in [0.05, 0.1) is 0 Å². The lowest BCUT2D eigenvalue weighted by Gasteiger charge is -2.28. The molecule has 0 radical (unpaired) electrons. The van der Waals surface area contributed by atoms with E-state index >= 15 is 0 Å². The summed E-state index contributed by atoms with van der Waals surface area (Å²) >= 11 is 6.20. The van der Waals surface area contributed by atoms with Gasteiger partial charge in [-0.1, -0.05) is 17.7 Å². The number of nitrogens with zero attached hydrogens (tertiary/aromatic N) is 1. The van der Waals surface area contributed by atoms with Crippen molar-refractivity contribution >= 4 is 22.5 Å². The van der Waals surface area contributed by atoms with Crippen molar-refractivity contribution in [2.24, 2.45) is 0 Å². The summed E-state index contributed by atoms with van der Waals surface area (Å²) in [6.45, 7) is 2.38. The number of hydrogen-bond acceptors (Lipinski definition) is 1. The van der Waals surface area contributed by atoms with Gasteiger partial charge in [-0.25, -0.2) is 0 Å². The standard InChI is InChI=1S/C14H17ClN2/c1-17-7-5-10(6-8-17)14-9-11-12(15)3-2-4-13(11)16-14/h2-4,9-10,16H,5-8H2,1H3. The van der Waals surface area contributed by atoms with Gasteiger partial charge in [0.25, 0.3) is 0 Å². The number of aromatic amines is 1. The SMILES string of the molecule is CN1CCC(c2cc3c(Cl)cccc3[nH]2)CC1. The quantitative estimate of drug-likeness (QED) is 0.817. The summed E-state index contributed by atoms with van der Waals surface area (Å²) in [5.41, 5.74) is 2.51. The van der Waals surface area contributed by atoms with Crippen LogP contribution >= 0.6 is 11.6 Å². The molecule has 17 heavy (non-hydrogen) atoms. The van der Waals surface area contributed by atoms with Gasteiger partial charge in [-0.2, -0.15) is 0 Å². The molecule has 1 saturated heterocycles. The predicted octanol–water partition coefficient (Wildman–Crippen LogP) is 3.63. The minimum absolute atomic E-state index is 0.662. The van der Waals surface area contributed by atoms with E-state index in [2.05, 4.69) is 29.1 Å². The minimum atomic E-state index is 0.662. The van der Waals surface area contributed by atoms with Gasteiger partial charge in [0.2, 0.25) is 0 Å². The van der Waals surface area contributed by atoms with E-state index < -0.39 is 0 Å². The fourth-order valence-electron chi connectivity index (χ4n) is 2.68. The van der Waals surface area contributed by atoms with Crippen LogP contribution in [0.2, 0.25) is 5.02 Å². The van der Waals surface area contributed by atoms with Crippen LogP contribution in [0.25, 0.3) is 10.9 Å². The third-order valence-electron chi connectivity index (χ3n) is 3.79. The second kappa shape index (κ2) is 4.35. The molecule has 2 nitrogen and oxygen atoms in total. The summed E-state index contributed by atoms with van der Waals surface area (Å²) in [7, 11) is 2.19. The lowest BCUT2D eigenvalue weighted by Crippen LogP contribution is -2.29. The lowest BCUT2D eigenvalue weighted by atomic mass is 9.94. The van der Waals surface area contributed by atoms with E-state index in [0.717, 1.165) is 15.9 Å². The van der Waals surface area contributed by atoms with Crippen molar-refractivity contribution in [2.45, 2.75) is 18.8 Å². The molecule has 2 heterocycles. The lowest BCUT2D eigenvalue weighted by molar-refractivity contribution is 0.254. The van der Waals surface area contributed by atoms with Crippen molar-refractivity contribution in [2.75, 3.05) is 20.1 Å². The van der Waals surface area contributed by atoms with Crippen LogP contribution in [0.15, 0.2) is 24.3 Å². The Bertz CT molecular complexity index is 524. The molecule has 1 aromatic heterocycles. The van der Waals surface area contributed by atoms with Gasteiger partial charge in [0.1, 0.15) is 0 Å². The first-order valence-electron chi connectivity index (χ1n) is 6.20. The van der Waals surface area contributed by atoms with Crippen molar-refractivity contribution < 1.29 is 0 Å². The number of fused-ring (bicyclic) bond motifs is 1. The number of rotatable bonds is 1. The highest BCUT2D eigenvalue weighted by molar-refractivity contribution is 6.35. The second-order valence-electron chi connectivity index (χ2n) is 5.00. The Labute approximate surface area is 107 Å². The molecule has 1 aliphatic heterocycles. The van der Waals surface area contributed by atoms with Crippen molar-refractivity contribution in [1.29, 1.82) is 0 Å². The first-order valence-corrected chi connectivity index (χ1v) is 6.57.